The van der Waals surface area contributed by atoms with Crippen LogP contribution in [0.2, 0.25) is 0 Å². The Kier molecular flexibility index (Phi) is 3.85. The molecule has 2 aromatic carbocycles. The summed E-state index contributed by atoms with van der Waals surface area (Å²) in [4.78, 5) is 11.7. The zero-order valence-electron chi connectivity index (χ0n) is 11.4. The maximum Gasteiger partial charge on any atom is 0.337 e. The second-order valence-electron chi connectivity index (χ2n) is 4.41. The molecule has 1 N–H and O–H groups in total. The molecule has 0 unspecified atom stereocenters. The van der Waals surface area contributed by atoms with Crippen molar-refractivity contribution in [2.45, 2.75) is 6.92 Å². The molecule has 19 heavy (non-hydrogen) atoms. The average Bonchev–Trinajstić information content (AvgIpc) is 2.46. The smallest absolute Gasteiger partial charge is 0.337 e. The molecule has 0 atom stereocenters. The molecule has 0 spiro atoms. The fourth-order valence-electron chi connectivity index (χ4n) is 1.92. The minimum atomic E-state index is -0.328. The third-order valence-corrected chi connectivity index (χ3v) is 3.03. The van der Waals surface area contributed by atoms with Crippen molar-refractivity contribution in [3.63, 3.8) is 0 Å². The van der Waals surface area contributed by atoms with Crippen LogP contribution in [0.1, 0.15) is 15.9 Å². The van der Waals surface area contributed by atoms with Gasteiger partial charge in [-0.2, -0.15) is 0 Å². The summed E-state index contributed by atoms with van der Waals surface area (Å²) in [5, 5.41) is 3.06. The lowest BCUT2D eigenvalue weighted by Crippen LogP contribution is -2.02. The van der Waals surface area contributed by atoms with E-state index in [-0.39, 0.29) is 5.97 Å². The van der Waals surface area contributed by atoms with Gasteiger partial charge in [0.2, 0.25) is 0 Å². The molecule has 2 aromatic rings. The number of methoxy groups -OCH3 is 1. The van der Waals surface area contributed by atoms with Gasteiger partial charge in [-0.15, -0.1) is 0 Å². The molecule has 3 nitrogen and oxygen atoms in total. The van der Waals surface area contributed by atoms with Crippen molar-refractivity contribution in [3.05, 3.63) is 53.6 Å². The van der Waals surface area contributed by atoms with E-state index in [0.29, 0.717) is 5.56 Å². The summed E-state index contributed by atoms with van der Waals surface area (Å²) in [5.74, 6) is -0.328. The van der Waals surface area contributed by atoms with Crippen molar-refractivity contribution >= 4 is 11.7 Å². The Balaban J connectivity index is 2.50. The predicted molar refractivity (Wildman–Crippen MR) is 77.5 cm³/mol. The number of esters is 1. The van der Waals surface area contributed by atoms with Crippen LogP contribution in [0.3, 0.4) is 0 Å². The first-order valence-electron chi connectivity index (χ1n) is 6.12. The van der Waals surface area contributed by atoms with Gasteiger partial charge in [0.15, 0.2) is 0 Å². The third kappa shape index (κ3) is 2.94. The molecule has 3 heteroatoms. The molecule has 0 radical (unpaired) electrons. The van der Waals surface area contributed by atoms with Crippen molar-refractivity contribution in [2.75, 3.05) is 19.5 Å². The Hall–Kier alpha value is -2.29. The van der Waals surface area contributed by atoms with E-state index in [4.69, 9.17) is 4.74 Å². The number of benzene rings is 2. The normalized spacial score (nSPS) is 10.1. The summed E-state index contributed by atoms with van der Waals surface area (Å²) < 4.78 is 4.78. The van der Waals surface area contributed by atoms with Crippen LogP contribution in [-0.4, -0.2) is 20.1 Å². The number of anilines is 1. The average molecular weight is 255 g/mol. The van der Waals surface area contributed by atoms with Gasteiger partial charge in [-0.3, -0.25) is 0 Å². The SMILES string of the molecule is CNc1cc(C(=O)OC)cc(-c2ccc(C)cc2)c1. The Morgan fingerprint density at radius 1 is 1.05 bits per heavy atom. The molecule has 0 aromatic heterocycles. The number of rotatable bonds is 3. The van der Waals surface area contributed by atoms with Crippen LogP contribution in [0, 0.1) is 6.92 Å². The first-order valence-corrected chi connectivity index (χ1v) is 6.12. The molecule has 0 amide bonds. The first-order chi connectivity index (χ1) is 9.13. The molecular weight excluding hydrogens is 238 g/mol. The lowest BCUT2D eigenvalue weighted by Gasteiger charge is -2.09. The molecule has 2 rings (SSSR count). The highest BCUT2D eigenvalue weighted by Crippen LogP contribution is 2.25. The molecule has 0 aliphatic heterocycles. The Bertz CT molecular complexity index is 588. The van der Waals surface area contributed by atoms with E-state index in [1.165, 1.54) is 12.7 Å². The summed E-state index contributed by atoms with van der Waals surface area (Å²) in [6, 6.07) is 13.8. The Morgan fingerprint density at radius 2 is 1.74 bits per heavy atom. The van der Waals surface area contributed by atoms with Gasteiger partial charge in [0.05, 0.1) is 12.7 Å². The minimum absolute atomic E-state index is 0.328. The highest BCUT2D eigenvalue weighted by atomic mass is 16.5. The van der Waals surface area contributed by atoms with Gasteiger partial charge in [0, 0.05) is 12.7 Å². The van der Waals surface area contributed by atoms with Crippen LogP contribution in [-0.2, 0) is 4.74 Å². The number of carbonyl (C=O) groups excluding carboxylic acids is 1. The van der Waals surface area contributed by atoms with E-state index < -0.39 is 0 Å². The topological polar surface area (TPSA) is 38.3 Å². The van der Waals surface area contributed by atoms with Crippen molar-refractivity contribution in [1.82, 2.24) is 0 Å². The van der Waals surface area contributed by atoms with Crippen LogP contribution in [0.25, 0.3) is 11.1 Å². The van der Waals surface area contributed by atoms with E-state index in [1.807, 2.05) is 38.2 Å². The molecule has 0 saturated carbocycles. The van der Waals surface area contributed by atoms with Gasteiger partial charge in [0.25, 0.3) is 0 Å². The second kappa shape index (κ2) is 5.57. The van der Waals surface area contributed by atoms with Gasteiger partial charge in [0.1, 0.15) is 0 Å². The quantitative estimate of drug-likeness (QED) is 0.853. The van der Waals surface area contributed by atoms with Gasteiger partial charge in [-0.05, 0) is 36.2 Å². The summed E-state index contributed by atoms with van der Waals surface area (Å²) in [5.41, 5.74) is 4.71. The highest BCUT2D eigenvalue weighted by molar-refractivity contribution is 5.92. The number of hydrogen-bond acceptors (Lipinski definition) is 3. The zero-order valence-corrected chi connectivity index (χ0v) is 11.4. The molecular formula is C16H17NO2. The molecule has 0 bridgehead atoms. The number of nitrogens with one attached hydrogen (secondary N) is 1. The lowest BCUT2D eigenvalue weighted by atomic mass is 10.0. The van der Waals surface area contributed by atoms with Crippen LogP contribution < -0.4 is 5.32 Å². The predicted octanol–water partition coefficient (Wildman–Crippen LogP) is 3.49. The number of carbonyl (C=O) groups is 1. The highest BCUT2D eigenvalue weighted by Gasteiger charge is 2.09. The second-order valence-corrected chi connectivity index (χ2v) is 4.41. The van der Waals surface area contributed by atoms with Crippen molar-refractivity contribution in [3.8, 4) is 11.1 Å². The van der Waals surface area contributed by atoms with E-state index in [2.05, 4.69) is 17.4 Å². The summed E-state index contributed by atoms with van der Waals surface area (Å²) >= 11 is 0. The van der Waals surface area contributed by atoms with Crippen LogP contribution in [0.15, 0.2) is 42.5 Å². The number of hydrogen-bond donors (Lipinski definition) is 1. The Morgan fingerprint density at radius 3 is 2.32 bits per heavy atom. The molecule has 0 fully saturated rings. The van der Waals surface area contributed by atoms with E-state index in [9.17, 15) is 4.79 Å². The molecule has 98 valence electrons. The van der Waals surface area contributed by atoms with Crippen molar-refractivity contribution < 1.29 is 9.53 Å². The third-order valence-electron chi connectivity index (χ3n) is 3.03. The van der Waals surface area contributed by atoms with Gasteiger partial charge < -0.3 is 10.1 Å². The van der Waals surface area contributed by atoms with Gasteiger partial charge >= 0.3 is 5.97 Å². The standard InChI is InChI=1S/C16H17NO2/c1-11-4-6-12(7-5-11)13-8-14(16(18)19-3)10-15(9-13)17-2/h4-10,17H,1-3H3. The lowest BCUT2D eigenvalue weighted by molar-refractivity contribution is 0.0601. The van der Waals surface area contributed by atoms with Gasteiger partial charge in [-0.25, -0.2) is 4.79 Å². The zero-order chi connectivity index (χ0) is 13.8. The monoisotopic (exact) mass is 255 g/mol. The van der Waals surface area contributed by atoms with Gasteiger partial charge in [-0.1, -0.05) is 29.8 Å². The van der Waals surface area contributed by atoms with E-state index in [1.54, 1.807) is 6.07 Å². The Labute approximate surface area is 113 Å². The molecule has 0 heterocycles. The summed E-state index contributed by atoms with van der Waals surface area (Å²) in [7, 11) is 3.22. The maximum absolute atomic E-state index is 11.7. The van der Waals surface area contributed by atoms with Crippen LogP contribution >= 0.6 is 0 Å². The largest absolute Gasteiger partial charge is 0.465 e. The molecule has 0 aliphatic rings. The van der Waals surface area contributed by atoms with Crippen molar-refractivity contribution in [2.24, 2.45) is 0 Å². The minimum Gasteiger partial charge on any atom is -0.465 e. The fourth-order valence-corrected chi connectivity index (χ4v) is 1.92. The number of aryl methyl sites for hydroxylation is 1. The van der Waals surface area contributed by atoms with Crippen molar-refractivity contribution in [1.29, 1.82) is 0 Å². The maximum atomic E-state index is 11.7. The van der Waals surface area contributed by atoms with E-state index >= 15 is 0 Å². The fraction of sp³-hybridized carbons (Fsp3) is 0.188. The van der Waals surface area contributed by atoms with Crippen LogP contribution in [0.5, 0.6) is 0 Å². The first kappa shape index (κ1) is 13.1. The van der Waals surface area contributed by atoms with E-state index in [0.717, 1.165) is 16.8 Å². The molecule has 0 aliphatic carbocycles. The molecule has 0 saturated heterocycles. The number of ether oxygens (including phenoxy) is 1. The summed E-state index contributed by atoms with van der Waals surface area (Å²) in [6.07, 6.45) is 0. The summed E-state index contributed by atoms with van der Waals surface area (Å²) in [6.45, 7) is 2.05. The van der Waals surface area contributed by atoms with Crippen LogP contribution in [0.4, 0.5) is 5.69 Å².